The second kappa shape index (κ2) is 4.89. The lowest BCUT2D eigenvalue weighted by Gasteiger charge is -2.02. The van der Waals surface area contributed by atoms with Crippen molar-refractivity contribution in [2.24, 2.45) is 5.92 Å². The molecule has 0 amide bonds. The van der Waals surface area contributed by atoms with Crippen LogP contribution in [0.5, 0.6) is 0 Å². The zero-order valence-electron chi connectivity index (χ0n) is 8.33. The van der Waals surface area contributed by atoms with Gasteiger partial charge in [-0.2, -0.15) is 0 Å². The summed E-state index contributed by atoms with van der Waals surface area (Å²) in [7, 11) is 1.37. The number of nitrogens with zero attached hydrogens (tertiary/aromatic N) is 1. The molecule has 0 fully saturated rings. The minimum absolute atomic E-state index is 0.359. The third-order valence-corrected chi connectivity index (χ3v) is 3.17. The Labute approximate surface area is 95.6 Å². The Morgan fingerprint density at radius 2 is 2.29 bits per heavy atom. The third kappa shape index (κ3) is 2.78. The van der Waals surface area contributed by atoms with Gasteiger partial charge in [0.05, 0.1) is 7.11 Å². The van der Waals surface area contributed by atoms with Gasteiger partial charge < -0.3 is 4.74 Å². The Morgan fingerprint density at radius 1 is 1.64 bits per heavy atom. The topological polar surface area (TPSA) is 39.2 Å². The fourth-order valence-electron chi connectivity index (χ4n) is 1.09. The lowest BCUT2D eigenvalue weighted by atomic mass is 10.1. The summed E-state index contributed by atoms with van der Waals surface area (Å²) in [6.07, 6.45) is 0.855. The number of aromatic nitrogens is 1. The third-order valence-electron chi connectivity index (χ3n) is 1.64. The van der Waals surface area contributed by atoms with Crippen molar-refractivity contribution in [1.82, 2.24) is 4.98 Å². The molecule has 5 heteroatoms. The van der Waals surface area contributed by atoms with Crippen LogP contribution in [0.2, 0.25) is 0 Å². The maximum absolute atomic E-state index is 11.3. The van der Waals surface area contributed by atoms with Gasteiger partial charge in [0, 0.05) is 4.88 Å². The Bertz CT molecular complexity index is 336. The van der Waals surface area contributed by atoms with E-state index in [2.05, 4.69) is 39.5 Å². The maximum Gasteiger partial charge on any atom is 0.357 e. The molecule has 0 unspecified atom stereocenters. The van der Waals surface area contributed by atoms with E-state index in [0.29, 0.717) is 11.6 Å². The summed E-state index contributed by atoms with van der Waals surface area (Å²) >= 11 is 4.76. The second-order valence-corrected chi connectivity index (χ2v) is 5.69. The summed E-state index contributed by atoms with van der Waals surface area (Å²) in [5.74, 6) is 0.147. The van der Waals surface area contributed by atoms with E-state index in [9.17, 15) is 4.79 Å². The molecule has 3 nitrogen and oxygen atoms in total. The summed E-state index contributed by atoms with van der Waals surface area (Å²) < 4.78 is 5.39. The number of hydrogen-bond acceptors (Lipinski definition) is 4. The quantitative estimate of drug-likeness (QED) is 0.798. The molecule has 1 heterocycles. The molecule has 0 spiro atoms. The van der Waals surface area contributed by atoms with E-state index in [-0.39, 0.29) is 5.97 Å². The molecule has 1 aromatic heterocycles. The van der Waals surface area contributed by atoms with Gasteiger partial charge in [0.25, 0.3) is 0 Å². The smallest absolute Gasteiger partial charge is 0.357 e. The van der Waals surface area contributed by atoms with Gasteiger partial charge >= 0.3 is 5.97 Å². The maximum atomic E-state index is 11.3. The number of carbonyl (C=O) groups is 1. The van der Waals surface area contributed by atoms with Crippen LogP contribution in [-0.2, 0) is 11.2 Å². The highest BCUT2D eigenvalue weighted by Crippen LogP contribution is 2.26. The largest absolute Gasteiger partial charge is 0.464 e. The molecule has 0 atom stereocenters. The van der Waals surface area contributed by atoms with E-state index in [1.807, 2.05) is 0 Å². The second-order valence-electron chi connectivity index (χ2n) is 3.33. The highest BCUT2D eigenvalue weighted by Gasteiger charge is 2.18. The average Bonchev–Trinajstić information content (AvgIpc) is 2.44. The van der Waals surface area contributed by atoms with Gasteiger partial charge in [-0.15, -0.1) is 11.3 Å². The molecule has 1 aromatic rings. The van der Waals surface area contributed by atoms with Crippen LogP contribution < -0.4 is 0 Å². The zero-order chi connectivity index (χ0) is 10.7. The number of methoxy groups -OCH3 is 1. The highest BCUT2D eigenvalue weighted by molar-refractivity contribution is 9.11. The minimum Gasteiger partial charge on any atom is -0.464 e. The van der Waals surface area contributed by atoms with E-state index in [4.69, 9.17) is 0 Å². The van der Waals surface area contributed by atoms with Gasteiger partial charge in [0.1, 0.15) is 0 Å². The van der Waals surface area contributed by atoms with Crippen LogP contribution in [0.25, 0.3) is 0 Å². The van der Waals surface area contributed by atoms with E-state index in [1.165, 1.54) is 18.4 Å². The fourth-order valence-corrected chi connectivity index (χ4v) is 2.83. The predicted octanol–water partition coefficient (Wildman–Crippen LogP) is 2.89. The number of carbonyl (C=O) groups excluding carboxylic acids is 1. The average molecular weight is 278 g/mol. The molecule has 78 valence electrons. The van der Waals surface area contributed by atoms with Crippen molar-refractivity contribution in [3.63, 3.8) is 0 Å². The summed E-state index contributed by atoms with van der Waals surface area (Å²) in [6, 6.07) is 0. The van der Waals surface area contributed by atoms with Gasteiger partial charge in [0.2, 0.25) is 0 Å². The van der Waals surface area contributed by atoms with Crippen molar-refractivity contribution >= 4 is 33.2 Å². The first-order valence-electron chi connectivity index (χ1n) is 4.28. The molecule has 0 aliphatic rings. The summed E-state index contributed by atoms with van der Waals surface area (Å²) in [4.78, 5) is 16.4. The molecule has 0 aliphatic carbocycles. The number of esters is 1. The number of hydrogen-bond donors (Lipinski definition) is 0. The molecule has 0 N–H and O–H groups in total. The highest BCUT2D eigenvalue weighted by atomic mass is 79.9. The van der Waals surface area contributed by atoms with E-state index in [0.717, 1.165) is 15.2 Å². The molecule has 1 rings (SSSR count). The van der Waals surface area contributed by atoms with Crippen molar-refractivity contribution in [2.45, 2.75) is 20.3 Å². The molecular formula is C9H12BrNO2S. The van der Waals surface area contributed by atoms with Crippen molar-refractivity contribution in [2.75, 3.05) is 7.11 Å². The Kier molecular flexibility index (Phi) is 4.07. The van der Waals surface area contributed by atoms with Crippen LogP contribution in [0.1, 0.15) is 29.2 Å². The van der Waals surface area contributed by atoms with E-state index >= 15 is 0 Å². The Hall–Kier alpha value is -0.420. The lowest BCUT2D eigenvalue weighted by molar-refractivity contribution is 0.0593. The number of rotatable bonds is 3. The molecular weight excluding hydrogens is 266 g/mol. The van der Waals surface area contributed by atoms with E-state index in [1.54, 1.807) is 0 Å². The Balaban J connectivity index is 2.96. The SMILES string of the molecule is COC(=O)c1nc(Br)sc1CC(C)C. The molecule has 0 aliphatic heterocycles. The summed E-state index contributed by atoms with van der Waals surface area (Å²) in [5, 5.41) is 0. The molecule has 0 aromatic carbocycles. The first-order chi connectivity index (χ1) is 6.54. The molecule has 14 heavy (non-hydrogen) atoms. The normalized spacial score (nSPS) is 10.6. The van der Waals surface area contributed by atoms with Crippen LogP contribution in [0.4, 0.5) is 0 Å². The van der Waals surface area contributed by atoms with Gasteiger partial charge in [-0.1, -0.05) is 13.8 Å². The molecule has 0 saturated heterocycles. The number of halogens is 1. The van der Waals surface area contributed by atoms with Crippen LogP contribution in [0.15, 0.2) is 3.92 Å². The van der Waals surface area contributed by atoms with Crippen molar-refractivity contribution in [1.29, 1.82) is 0 Å². The first kappa shape index (κ1) is 11.7. The molecule has 0 saturated carbocycles. The van der Waals surface area contributed by atoms with Gasteiger partial charge in [-0.25, -0.2) is 9.78 Å². The van der Waals surface area contributed by atoms with Crippen molar-refractivity contribution in [3.05, 3.63) is 14.5 Å². The number of ether oxygens (including phenoxy) is 1. The zero-order valence-corrected chi connectivity index (χ0v) is 10.7. The van der Waals surface area contributed by atoms with Gasteiger partial charge in [-0.3, -0.25) is 0 Å². The Morgan fingerprint density at radius 3 is 2.79 bits per heavy atom. The van der Waals surface area contributed by atoms with Gasteiger partial charge in [-0.05, 0) is 28.3 Å². The molecule has 0 bridgehead atoms. The lowest BCUT2D eigenvalue weighted by Crippen LogP contribution is -2.06. The first-order valence-corrected chi connectivity index (χ1v) is 5.89. The monoisotopic (exact) mass is 277 g/mol. The summed E-state index contributed by atoms with van der Waals surface area (Å²) in [5.41, 5.74) is 0.443. The molecule has 0 radical (unpaired) electrons. The van der Waals surface area contributed by atoms with E-state index < -0.39 is 0 Å². The van der Waals surface area contributed by atoms with Crippen molar-refractivity contribution < 1.29 is 9.53 Å². The fraction of sp³-hybridized carbons (Fsp3) is 0.556. The predicted molar refractivity (Wildman–Crippen MR) is 59.7 cm³/mol. The summed E-state index contributed by atoms with van der Waals surface area (Å²) in [6.45, 7) is 4.21. The van der Waals surface area contributed by atoms with Crippen LogP contribution in [0.3, 0.4) is 0 Å². The minimum atomic E-state index is -0.359. The van der Waals surface area contributed by atoms with Crippen LogP contribution in [0, 0.1) is 5.92 Å². The van der Waals surface area contributed by atoms with Crippen molar-refractivity contribution in [3.8, 4) is 0 Å². The number of thiazole rings is 1. The van der Waals surface area contributed by atoms with Crippen LogP contribution >= 0.6 is 27.3 Å². The standard InChI is InChI=1S/C9H12BrNO2S/c1-5(2)4-6-7(8(12)13-3)11-9(10)14-6/h5H,4H2,1-3H3. The van der Waals surface area contributed by atoms with Crippen LogP contribution in [-0.4, -0.2) is 18.1 Å². The van der Waals surface area contributed by atoms with Gasteiger partial charge in [0.15, 0.2) is 9.61 Å².